The summed E-state index contributed by atoms with van der Waals surface area (Å²) in [6, 6.07) is 17.8. The molecule has 0 aromatic heterocycles. The molecule has 178 valence electrons. The van der Waals surface area contributed by atoms with Gasteiger partial charge in [-0.1, -0.05) is 48.0 Å². The molecule has 3 aromatic carbocycles. The number of benzene rings is 3. The fraction of sp³-hybridized carbons (Fsp3) is 0.333. The molecule has 4 rings (SSSR count). The highest BCUT2D eigenvalue weighted by atomic mass is 35.5. The van der Waals surface area contributed by atoms with Gasteiger partial charge in [-0.25, -0.2) is 9.18 Å². The topological polar surface area (TPSA) is 60.9 Å². The Morgan fingerprint density at radius 3 is 2.41 bits per heavy atom. The minimum absolute atomic E-state index is 0.0512. The zero-order valence-corrected chi connectivity index (χ0v) is 20.1. The first-order valence-corrected chi connectivity index (χ1v) is 11.8. The summed E-state index contributed by atoms with van der Waals surface area (Å²) in [4.78, 5) is 28.1. The van der Waals surface area contributed by atoms with Crippen LogP contribution in [0.2, 0.25) is 5.02 Å². The van der Waals surface area contributed by atoms with Crippen LogP contribution in [-0.2, 0) is 10.2 Å². The lowest BCUT2D eigenvalue weighted by Gasteiger charge is -2.42. The van der Waals surface area contributed by atoms with Crippen molar-refractivity contribution in [1.82, 2.24) is 9.80 Å². The molecule has 1 N–H and O–H groups in total. The first-order chi connectivity index (χ1) is 16.2. The van der Waals surface area contributed by atoms with E-state index < -0.39 is 11.5 Å². The molecule has 1 unspecified atom stereocenters. The summed E-state index contributed by atoms with van der Waals surface area (Å²) in [7, 11) is 1.79. The Kier molecular flexibility index (Phi) is 6.80. The van der Waals surface area contributed by atoms with Gasteiger partial charge in [0.1, 0.15) is 5.82 Å². The first kappa shape index (κ1) is 24.0. The molecular weight excluding hydrogens is 455 g/mol. The van der Waals surface area contributed by atoms with Crippen molar-refractivity contribution in [3.05, 3.63) is 82.6 Å². The Bertz CT molecular complexity index is 1210. The fourth-order valence-electron chi connectivity index (χ4n) is 4.98. The lowest BCUT2D eigenvalue weighted by molar-refractivity contribution is -0.133. The normalized spacial score (nSPS) is 16.3. The van der Waals surface area contributed by atoms with Gasteiger partial charge in [0.15, 0.2) is 0 Å². The van der Waals surface area contributed by atoms with Gasteiger partial charge in [0.05, 0.1) is 6.04 Å². The quantitative estimate of drug-likeness (QED) is 0.467. The van der Waals surface area contributed by atoms with Gasteiger partial charge in [-0.15, -0.1) is 0 Å². The number of carbonyl (C=O) groups excluding carboxylic acids is 1. The minimum atomic E-state index is -0.961. The third-order valence-electron chi connectivity index (χ3n) is 7.22. The summed E-state index contributed by atoms with van der Waals surface area (Å²) >= 11 is 6.38. The van der Waals surface area contributed by atoms with Gasteiger partial charge in [0.2, 0.25) is 5.91 Å². The van der Waals surface area contributed by atoms with Crippen LogP contribution in [0.15, 0.2) is 60.7 Å². The number of nitrogens with zero attached hydrogens (tertiary/aromatic N) is 2. The van der Waals surface area contributed by atoms with Gasteiger partial charge in [-0.2, -0.15) is 0 Å². The molecule has 0 saturated carbocycles. The summed E-state index contributed by atoms with van der Waals surface area (Å²) in [5, 5.41) is 12.1. The van der Waals surface area contributed by atoms with Crippen LogP contribution in [0.3, 0.4) is 0 Å². The van der Waals surface area contributed by atoms with Crippen molar-refractivity contribution in [3.8, 4) is 0 Å². The highest BCUT2D eigenvalue weighted by Gasteiger charge is 2.40. The molecule has 34 heavy (non-hydrogen) atoms. The summed E-state index contributed by atoms with van der Waals surface area (Å²) in [6.45, 7) is 2.64. The van der Waals surface area contributed by atoms with Crippen LogP contribution < -0.4 is 0 Å². The predicted octanol–water partition coefficient (Wildman–Crippen LogP) is 6.25. The minimum Gasteiger partial charge on any atom is -0.465 e. The van der Waals surface area contributed by atoms with Crippen molar-refractivity contribution in [1.29, 1.82) is 0 Å². The maximum atomic E-state index is 13.6. The van der Waals surface area contributed by atoms with Gasteiger partial charge in [-0.3, -0.25) is 4.79 Å². The molecule has 0 radical (unpaired) electrons. The number of amides is 2. The molecule has 1 heterocycles. The zero-order valence-electron chi connectivity index (χ0n) is 19.3. The second kappa shape index (κ2) is 9.63. The summed E-state index contributed by atoms with van der Waals surface area (Å²) in [6.07, 6.45) is 0.251. The number of hydrogen-bond acceptors (Lipinski definition) is 2. The Hall–Kier alpha value is -3.12. The Balaban J connectivity index is 1.62. The van der Waals surface area contributed by atoms with Gasteiger partial charge in [0, 0.05) is 37.0 Å². The maximum absolute atomic E-state index is 13.6. The van der Waals surface area contributed by atoms with E-state index in [9.17, 15) is 19.1 Å². The van der Waals surface area contributed by atoms with Crippen molar-refractivity contribution in [3.63, 3.8) is 0 Å². The molecule has 7 heteroatoms. The highest BCUT2D eigenvalue weighted by molar-refractivity contribution is 6.31. The van der Waals surface area contributed by atoms with E-state index in [0.29, 0.717) is 31.0 Å². The van der Waals surface area contributed by atoms with Crippen molar-refractivity contribution in [2.24, 2.45) is 0 Å². The van der Waals surface area contributed by atoms with E-state index in [4.69, 9.17) is 11.6 Å². The lowest BCUT2D eigenvalue weighted by Crippen LogP contribution is -2.47. The molecule has 0 bridgehead atoms. The zero-order chi connectivity index (χ0) is 24.5. The second-order valence-corrected chi connectivity index (χ2v) is 9.57. The van der Waals surface area contributed by atoms with Crippen molar-refractivity contribution >= 4 is 34.4 Å². The molecule has 5 nitrogen and oxygen atoms in total. The van der Waals surface area contributed by atoms with Gasteiger partial charge >= 0.3 is 6.09 Å². The number of hydrogen-bond donors (Lipinski definition) is 1. The summed E-state index contributed by atoms with van der Waals surface area (Å²) in [5.74, 6) is -0.392. The van der Waals surface area contributed by atoms with E-state index >= 15 is 0 Å². The molecule has 3 aromatic rings. The first-order valence-electron chi connectivity index (χ1n) is 11.4. The average molecular weight is 483 g/mol. The molecular formula is C27H28ClFN2O3. The van der Waals surface area contributed by atoms with Crippen LogP contribution in [0.25, 0.3) is 10.8 Å². The smallest absolute Gasteiger partial charge is 0.407 e. The van der Waals surface area contributed by atoms with E-state index in [1.165, 1.54) is 17.0 Å². The van der Waals surface area contributed by atoms with E-state index in [2.05, 4.69) is 0 Å². The predicted molar refractivity (Wildman–Crippen MR) is 132 cm³/mol. The summed E-state index contributed by atoms with van der Waals surface area (Å²) < 4.78 is 13.6. The van der Waals surface area contributed by atoms with Crippen molar-refractivity contribution < 1.29 is 19.1 Å². The molecule has 0 aliphatic carbocycles. The Morgan fingerprint density at radius 1 is 1.12 bits per heavy atom. The van der Waals surface area contributed by atoms with Crippen molar-refractivity contribution in [2.45, 2.75) is 37.6 Å². The molecule has 1 saturated heterocycles. The average Bonchev–Trinajstić information content (AvgIpc) is 2.83. The molecule has 1 fully saturated rings. The second-order valence-electron chi connectivity index (χ2n) is 9.13. The number of fused-ring (bicyclic) bond motifs is 1. The number of halogens is 2. The number of carbonyl (C=O) groups is 2. The molecule has 1 aliphatic rings. The van der Waals surface area contributed by atoms with Crippen LogP contribution >= 0.6 is 11.6 Å². The van der Waals surface area contributed by atoms with Gasteiger partial charge in [0.25, 0.3) is 0 Å². The number of piperidine rings is 1. The van der Waals surface area contributed by atoms with Crippen LogP contribution in [0.5, 0.6) is 0 Å². The molecule has 1 atom stereocenters. The maximum Gasteiger partial charge on any atom is 0.407 e. The van der Waals surface area contributed by atoms with Gasteiger partial charge in [-0.05, 0) is 65.9 Å². The van der Waals surface area contributed by atoms with E-state index in [1.807, 2.05) is 43.3 Å². The van der Waals surface area contributed by atoms with Crippen LogP contribution in [-0.4, -0.2) is 47.0 Å². The third kappa shape index (κ3) is 4.73. The number of likely N-dealkylation sites (tertiary alicyclic amines) is 1. The monoisotopic (exact) mass is 482 g/mol. The standard InChI is InChI=1S/C27H28ClFN2O3/c1-18(24-16-21(28)15-19-5-3-4-6-23(19)24)30(2)25(32)17-27(20-7-9-22(29)10-8-20)11-13-31(14-12-27)26(33)34/h3-10,15-16,18H,11-14,17H2,1-2H3,(H,33,34). The number of rotatable bonds is 5. The SMILES string of the molecule is CC(c1cc(Cl)cc2ccccc12)N(C)C(=O)CC1(c2ccc(F)cc2)CCN(C(=O)O)CC1. The Morgan fingerprint density at radius 2 is 1.76 bits per heavy atom. The molecule has 2 amide bonds. The fourth-order valence-corrected chi connectivity index (χ4v) is 5.22. The van der Waals surface area contributed by atoms with E-state index in [0.717, 1.165) is 21.9 Å². The van der Waals surface area contributed by atoms with E-state index in [1.54, 1.807) is 24.1 Å². The largest absolute Gasteiger partial charge is 0.465 e. The van der Waals surface area contributed by atoms with E-state index in [-0.39, 0.29) is 24.2 Å². The van der Waals surface area contributed by atoms with Crippen molar-refractivity contribution in [2.75, 3.05) is 20.1 Å². The van der Waals surface area contributed by atoms with Crippen LogP contribution in [0.1, 0.15) is 43.4 Å². The third-order valence-corrected chi connectivity index (χ3v) is 7.44. The Labute approximate surface area is 203 Å². The van der Waals surface area contributed by atoms with Crippen LogP contribution in [0.4, 0.5) is 9.18 Å². The highest BCUT2D eigenvalue weighted by Crippen LogP contribution is 2.40. The molecule has 0 spiro atoms. The van der Waals surface area contributed by atoms with Gasteiger partial charge < -0.3 is 14.9 Å². The molecule has 1 aliphatic heterocycles. The number of carboxylic acid groups (broad SMARTS) is 1. The summed E-state index contributed by atoms with van der Waals surface area (Å²) in [5.41, 5.74) is 1.28. The lowest BCUT2D eigenvalue weighted by atomic mass is 9.70. The van der Waals surface area contributed by atoms with Crippen LogP contribution in [0, 0.1) is 5.82 Å².